The maximum atomic E-state index is 11.9. The van der Waals surface area contributed by atoms with Crippen LogP contribution in [0.25, 0.3) is 0 Å². The molecule has 1 atom stereocenters. The van der Waals surface area contributed by atoms with Crippen molar-refractivity contribution in [3.63, 3.8) is 0 Å². The predicted octanol–water partition coefficient (Wildman–Crippen LogP) is 1.46. The highest BCUT2D eigenvalue weighted by molar-refractivity contribution is 6.06. The minimum Gasteiger partial charge on any atom is -0.462 e. The number of carbonyl (C=O) groups excluding carboxylic acids is 3. The lowest BCUT2D eigenvalue weighted by molar-refractivity contribution is -0.139. The Morgan fingerprint density at radius 3 is 2.65 bits per heavy atom. The van der Waals surface area contributed by atoms with Crippen molar-refractivity contribution in [2.75, 3.05) is 13.2 Å². The van der Waals surface area contributed by atoms with Crippen molar-refractivity contribution in [2.45, 2.75) is 39.2 Å². The second kappa shape index (κ2) is 6.54. The molecule has 3 amide bonds. The molecule has 0 aromatic rings. The van der Waals surface area contributed by atoms with Crippen molar-refractivity contribution in [2.24, 2.45) is 5.92 Å². The van der Waals surface area contributed by atoms with E-state index >= 15 is 0 Å². The zero-order chi connectivity index (χ0) is 15.3. The summed E-state index contributed by atoms with van der Waals surface area (Å²) in [6, 6.07) is -0.342. The first-order valence-corrected chi connectivity index (χ1v) is 6.71. The van der Waals surface area contributed by atoms with Crippen LogP contribution in [0.1, 0.15) is 33.6 Å². The van der Waals surface area contributed by atoms with Gasteiger partial charge < -0.3 is 10.1 Å². The highest BCUT2D eigenvalue weighted by atomic mass is 16.5. The van der Waals surface area contributed by atoms with Crippen LogP contribution in [-0.2, 0) is 14.3 Å². The Balaban J connectivity index is 2.31. The molecular weight excluding hydrogens is 260 g/mol. The molecular formula is C14H22N2O4. The number of esters is 1. The molecule has 1 unspecified atom stereocenters. The summed E-state index contributed by atoms with van der Waals surface area (Å²) in [5.41, 5.74) is -0.817. The second-order valence-electron chi connectivity index (χ2n) is 5.59. The third-order valence-electron chi connectivity index (χ3n) is 3.20. The van der Waals surface area contributed by atoms with E-state index < -0.39 is 11.5 Å². The van der Waals surface area contributed by atoms with Crippen molar-refractivity contribution < 1.29 is 19.1 Å². The molecule has 0 saturated carbocycles. The summed E-state index contributed by atoms with van der Waals surface area (Å²) in [5.74, 6) is -0.464. The van der Waals surface area contributed by atoms with Gasteiger partial charge in [0.1, 0.15) is 5.54 Å². The first kappa shape index (κ1) is 16.2. The maximum Gasteiger partial charge on any atom is 0.330 e. The van der Waals surface area contributed by atoms with Crippen LogP contribution in [-0.4, -0.2) is 41.5 Å². The zero-order valence-electron chi connectivity index (χ0n) is 12.3. The van der Waals surface area contributed by atoms with Gasteiger partial charge in [0.25, 0.3) is 5.91 Å². The smallest absolute Gasteiger partial charge is 0.330 e. The Labute approximate surface area is 119 Å². The van der Waals surface area contributed by atoms with Crippen molar-refractivity contribution in [3.05, 3.63) is 12.7 Å². The molecule has 20 heavy (non-hydrogen) atoms. The van der Waals surface area contributed by atoms with Crippen LogP contribution in [0.15, 0.2) is 12.7 Å². The van der Waals surface area contributed by atoms with E-state index in [-0.39, 0.29) is 17.9 Å². The van der Waals surface area contributed by atoms with Gasteiger partial charge in [-0.05, 0) is 32.6 Å². The van der Waals surface area contributed by atoms with Gasteiger partial charge in [-0.2, -0.15) is 0 Å². The largest absolute Gasteiger partial charge is 0.462 e. The van der Waals surface area contributed by atoms with E-state index in [0.717, 1.165) is 12.5 Å². The molecule has 1 rings (SSSR count). The van der Waals surface area contributed by atoms with E-state index in [2.05, 4.69) is 11.9 Å². The fraction of sp³-hybridized carbons (Fsp3) is 0.643. The van der Waals surface area contributed by atoms with E-state index in [0.29, 0.717) is 19.6 Å². The van der Waals surface area contributed by atoms with Gasteiger partial charge >= 0.3 is 12.0 Å². The van der Waals surface area contributed by atoms with Gasteiger partial charge in [0, 0.05) is 12.6 Å². The predicted molar refractivity (Wildman–Crippen MR) is 73.9 cm³/mol. The number of urea groups is 1. The standard InChI is InChI=1S/C14H22N2O4/c1-5-11(17)20-9-10(2)7-6-8-16-12(18)14(3,4)15-13(16)19/h5,10H,1,6-9H2,2-4H3,(H,15,19). The Hall–Kier alpha value is -1.85. The lowest BCUT2D eigenvalue weighted by Gasteiger charge is -2.17. The van der Waals surface area contributed by atoms with Gasteiger partial charge in [0.2, 0.25) is 0 Å². The van der Waals surface area contributed by atoms with Gasteiger partial charge in [0.15, 0.2) is 0 Å². The summed E-state index contributed by atoms with van der Waals surface area (Å²) >= 11 is 0. The maximum absolute atomic E-state index is 11.9. The molecule has 1 aliphatic rings. The number of nitrogens with one attached hydrogen (secondary N) is 1. The van der Waals surface area contributed by atoms with Crippen LogP contribution < -0.4 is 5.32 Å². The molecule has 0 aromatic carbocycles. The number of rotatable bonds is 7. The Kier molecular flexibility index (Phi) is 5.30. The van der Waals surface area contributed by atoms with Crippen molar-refractivity contribution in [1.29, 1.82) is 0 Å². The zero-order valence-corrected chi connectivity index (χ0v) is 12.3. The van der Waals surface area contributed by atoms with Crippen LogP contribution in [0.4, 0.5) is 4.79 Å². The van der Waals surface area contributed by atoms with E-state index in [1.54, 1.807) is 13.8 Å². The van der Waals surface area contributed by atoms with Gasteiger partial charge in [-0.15, -0.1) is 0 Å². The number of nitrogens with zero attached hydrogens (tertiary/aromatic N) is 1. The lowest BCUT2D eigenvalue weighted by atomic mass is 10.1. The first-order chi connectivity index (χ1) is 9.27. The monoisotopic (exact) mass is 282 g/mol. The summed E-state index contributed by atoms with van der Waals surface area (Å²) in [4.78, 5) is 35.7. The van der Waals surface area contributed by atoms with Crippen LogP contribution in [0.2, 0.25) is 0 Å². The highest BCUT2D eigenvalue weighted by Gasteiger charge is 2.43. The lowest BCUT2D eigenvalue weighted by Crippen LogP contribution is -2.40. The Morgan fingerprint density at radius 2 is 2.15 bits per heavy atom. The Morgan fingerprint density at radius 1 is 1.50 bits per heavy atom. The molecule has 1 fully saturated rings. The summed E-state index contributed by atoms with van der Waals surface area (Å²) in [6.45, 7) is 9.34. The molecule has 0 radical (unpaired) electrons. The quantitative estimate of drug-likeness (QED) is 0.436. The third kappa shape index (κ3) is 4.08. The topological polar surface area (TPSA) is 75.7 Å². The molecule has 0 aliphatic carbocycles. The first-order valence-electron chi connectivity index (χ1n) is 6.71. The SMILES string of the molecule is C=CC(=O)OCC(C)CCCN1C(=O)NC(C)(C)C1=O. The number of carbonyl (C=O) groups is 3. The van der Waals surface area contributed by atoms with Gasteiger partial charge in [-0.3, -0.25) is 9.69 Å². The molecule has 6 nitrogen and oxygen atoms in total. The molecule has 1 heterocycles. The molecule has 1 aliphatic heterocycles. The highest BCUT2D eigenvalue weighted by Crippen LogP contribution is 2.18. The summed E-state index contributed by atoms with van der Waals surface area (Å²) in [6.07, 6.45) is 2.58. The average Bonchev–Trinajstić information content (AvgIpc) is 2.57. The summed E-state index contributed by atoms with van der Waals surface area (Å²) in [5, 5.41) is 2.64. The van der Waals surface area contributed by atoms with Gasteiger partial charge in [0.05, 0.1) is 6.61 Å². The van der Waals surface area contributed by atoms with E-state index in [1.807, 2.05) is 6.92 Å². The van der Waals surface area contributed by atoms with E-state index in [4.69, 9.17) is 4.74 Å². The number of ether oxygens (including phenoxy) is 1. The second-order valence-corrected chi connectivity index (χ2v) is 5.59. The normalized spacial score (nSPS) is 18.6. The third-order valence-corrected chi connectivity index (χ3v) is 3.20. The van der Waals surface area contributed by atoms with Gasteiger partial charge in [-0.1, -0.05) is 13.5 Å². The van der Waals surface area contributed by atoms with Crippen molar-refractivity contribution in [1.82, 2.24) is 10.2 Å². The molecule has 0 aromatic heterocycles. The number of amides is 3. The molecule has 112 valence electrons. The fourth-order valence-corrected chi connectivity index (χ4v) is 1.99. The van der Waals surface area contributed by atoms with Crippen LogP contribution in [0.5, 0.6) is 0 Å². The molecule has 0 spiro atoms. The number of hydrogen-bond acceptors (Lipinski definition) is 4. The van der Waals surface area contributed by atoms with Crippen molar-refractivity contribution >= 4 is 17.9 Å². The van der Waals surface area contributed by atoms with Crippen molar-refractivity contribution in [3.8, 4) is 0 Å². The average molecular weight is 282 g/mol. The van der Waals surface area contributed by atoms with Crippen LogP contribution in [0, 0.1) is 5.92 Å². The van der Waals surface area contributed by atoms with Crippen LogP contribution >= 0.6 is 0 Å². The summed E-state index contributed by atoms with van der Waals surface area (Å²) < 4.78 is 4.93. The van der Waals surface area contributed by atoms with Crippen LogP contribution in [0.3, 0.4) is 0 Å². The minimum atomic E-state index is -0.817. The van der Waals surface area contributed by atoms with Gasteiger partial charge in [-0.25, -0.2) is 9.59 Å². The Bertz CT molecular complexity index is 417. The molecule has 6 heteroatoms. The van der Waals surface area contributed by atoms with E-state index in [9.17, 15) is 14.4 Å². The number of imide groups is 1. The number of hydrogen-bond donors (Lipinski definition) is 1. The molecule has 0 bridgehead atoms. The molecule has 1 N–H and O–H groups in total. The van der Waals surface area contributed by atoms with E-state index in [1.165, 1.54) is 4.90 Å². The summed E-state index contributed by atoms with van der Waals surface area (Å²) in [7, 11) is 0. The molecule has 1 saturated heterocycles. The fourth-order valence-electron chi connectivity index (χ4n) is 1.99. The minimum absolute atomic E-state index is 0.174.